The van der Waals surface area contributed by atoms with Gasteiger partial charge in [-0.25, -0.2) is 4.68 Å². The molecule has 2 aromatic heterocycles. The summed E-state index contributed by atoms with van der Waals surface area (Å²) in [6.45, 7) is 0. The molecule has 0 saturated carbocycles. The highest BCUT2D eigenvalue weighted by Crippen LogP contribution is 2.24. The van der Waals surface area contributed by atoms with Crippen molar-refractivity contribution in [1.29, 1.82) is 0 Å². The molecule has 1 aromatic carbocycles. The van der Waals surface area contributed by atoms with Crippen molar-refractivity contribution in [2.75, 3.05) is 0 Å². The van der Waals surface area contributed by atoms with Crippen molar-refractivity contribution < 1.29 is 9.21 Å². The lowest BCUT2D eigenvalue weighted by Crippen LogP contribution is -1.99. The van der Waals surface area contributed by atoms with E-state index in [2.05, 4.69) is 5.10 Å². The van der Waals surface area contributed by atoms with Crippen LogP contribution >= 0.6 is 11.6 Å². The van der Waals surface area contributed by atoms with E-state index in [1.54, 1.807) is 29.1 Å². The van der Waals surface area contributed by atoms with Crippen LogP contribution < -0.4 is 0 Å². The van der Waals surface area contributed by atoms with Crippen molar-refractivity contribution in [2.24, 2.45) is 0 Å². The van der Waals surface area contributed by atoms with Crippen molar-refractivity contribution in [3.63, 3.8) is 0 Å². The van der Waals surface area contributed by atoms with Crippen molar-refractivity contribution in [2.45, 2.75) is 0 Å². The Labute approximate surface area is 114 Å². The van der Waals surface area contributed by atoms with Crippen LogP contribution in [0, 0.1) is 0 Å². The number of hydrogen-bond donors (Lipinski definition) is 0. The number of rotatable bonds is 3. The van der Waals surface area contributed by atoms with E-state index in [9.17, 15) is 4.79 Å². The number of aromatic nitrogens is 2. The summed E-state index contributed by atoms with van der Waals surface area (Å²) in [5, 5.41) is 3.62. The van der Waals surface area contributed by atoms with Gasteiger partial charge in [0.15, 0.2) is 5.76 Å². The highest BCUT2D eigenvalue weighted by molar-refractivity contribution is 6.67. The monoisotopic (exact) mass is 272 g/mol. The Hall–Kier alpha value is -2.33. The average molecular weight is 273 g/mol. The Balaban J connectivity index is 2.20. The third-order valence-electron chi connectivity index (χ3n) is 2.69. The second-order valence-electron chi connectivity index (χ2n) is 3.91. The quantitative estimate of drug-likeness (QED) is 0.686. The number of benzene rings is 1. The first-order valence-electron chi connectivity index (χ1n) is 5.65. The smallest absolute Gasteiger partial charge is 0.272 e. The molecule has 4 nitrogen and oxygen atoms in total. The summed E-state index contributed by atoms with van der Waals surface area (Å²) in [4.78, 5) is 11.3. The molecule has 0 radical (unpaired) electrons. The number of para-hydroxylation sites is 1. The SMILES string of the molecule is O=C(Cl)c1cc(-c2ccco2)n(-c2ccccc2)n1. The lowest BCUT2D eigenvalue weighted by Gasteiger charge is -2.04. The zero-order chi connectivity index (χ0) is 13.2. The molecule has 0 fully saturated rings. The lowest BCUT2D eigenvalue weighted by molar-refractivity contribution is 0.107. The molecule has 0 atom stereocenters. The minimum Gasteiger partial charge on any atom is -0.463 e. The molecule has 5 heteroatoms. The van der Waals surface area contributed by atoms with Gasteiger partial charge in [0.25, 0.3) is 5.24 Å². The first kappa shape index (κ1) is 11.7. The number of halogens is 1. The molecule has 3 aromatic rings. The van der Waals surface area contributed by atoms with Gasteiger partial charge in [-0.2, -0.15) is 5.10 Å². The van der Waals surface area contributed by atoms with Crippen LogP contribution in [-0.2, 0) is 0 Å². The molecule has 0 unspecified atom stereocenters. The van der Waals surface area contributed by atoms with Crippen LogP contribution in [0.3, 0.4) is 0 Å². The van der Waals surface area contributed by atoms with E-state index in [-0.39, 0.29) is 5.69 Å². The lowest BCUT2D eigenvalue weighted by atomic mass is 10.2. The van der Waals surface area contributed by atoms with E-state index in [0.29, 0.717) is 11.5 Å². The second kappa shape index (κ2) is 4.74. The molecule has 0 bridgehead atoms. The van der Waals surface area contributed by atoms with E-state index >= 15 is 0 Å². The van der Waals surface area contributed by atoms with E-state index in [0.717, 1.165) is 5.69 Å². The third kappa shape index (κ3) is 2.18. The molecule has 0 amide bonds. The first-order valence-corrected chi connectivity index (χ1v) is 6.03. The summed E-state index contributed by atoms with van der Waals surface area (Å²) in [5.41, 5.74) is 1.70. The van der Waals surface area contributed by atoms with Gasteiger partial charge in [0.05, 0.1) is 12.0 Å². The fraction of sp³-hybridized carbons (Fsp3) is 0. The predicted octanol–water partition coefficient (Wildman–Crippen LogP) is 3.51. The molecule has 19 heavy (non-hydrogen) atoms. The number of furan rings is 1. The number of nitrogens with zero attached hydrogens (tertiary/aromatic N) is 2. The molecule has 0 aliphatic heterocycles. The van der Waals surface area contributed by atoms with Gasteiger partial charge < -0.3 is 4.42 Å². The molecule has 94 valence electrons. The maximum atomic E-state index is 11.3. The van der Waals surface area contributed by atoms with Gasteiger partial charge in [-0.1, -0.05) is 18.2 Å². The molecular formula is C14H9ClN2O2. The van der Waals surface area contributed by atoms with Gasteiger partial charge in [-0.05, 0) is 35.9 Å². The molecular weight excluding hydrogens is 264 g/mol. The molecule has 0 aliphatic carbocycles. The van der Waals surface area contributed by atoms with Crippen LogP contribution in [0.5, 0.6) is 0 Å². The highest BCUT2D eigenvalue weighted by atomic mass is 35.5. The maximum absolute atomic E-state index is 11.3. The molecule has 0 aliphatic rings. The van der Waals surface area contributed by atoms with E-state index in [1.165, 1.54) is 0 Å². The van der Waals surface area contributed by atoms with Gasteiger partial charge in [-0.15, -0.1) is 0 Å². The third-order valence-corrected chi connectivity index (χ3v) is 2.88. The van der Waals surface area contributed by atoms with Crippen LogP contribution in [0.4, 0.5) is 0 Å². The molecule has 2 heterocycles. The normalized spacial score (nSPS) is 10.6. The van der Waals surface area contributed by atoms with Crippen LogP contribution in [0.1, 0.15) is 10.5 Å². The van der Waals surface area contributed by atoms with Crippen LogP contribution in [0.25, 0.3) is 17.1 Å². The summed E-state index contributed by atoms with van der Waals surface area (Å²) in [6, 6.07) is 14.7. The molecule has 0 spiro atoms. The zero-order valence-corrected chi connectivity index (χ0v) is 10.5. The van der Waals surface area contributed by atoms with Crippen LogP contribution in [0.15, 0.2) is 59.2 Å². The van der Waals surface area contributed by atoms with E-state index in [1.807, 2.05) is 30.3 Å². The summed E-state index contributed by atoms with van der Waals surface area (Å²) < 4.78 is 6.99. The molecule has 0 N–H and O–H groups in total. The number of carbonyl (C=O) groups is 1. The number of hydrogen-bond acceptors (Lipinski definition) is 3. The second-order valence-corrected chi connectivity index (χ2v) is 4.26. The fourth-order valence-electron chi connectivity index (χ4n) is 1.84. The van der Waals surface area contributed by atoms with Gasteiger partial charge in [-0.3, -0.25) is 4.79 Å². The zero-order valence-electron chi connectivity index (χ0n) is 9.79. The standard InChI is InChI=1S/C14H9ClN2O2/c15-14(18)11-9-12(13-7-4-8-19-13)17(16-11)10-5-2-1-3-6-10/h1-9H. The summed E-state index contributed by atoms with van der Waals surface area (Å²) in [7, 11) is 0. The summed E-state index contributed by atoms with van der Waals surface area (Å²) in [6.07, 6.45) is 1.57. The minimum absolute atomic E-state index is 0.192. The van der Waals surface area contributed by atoms with Crippen LogP contribution in [-0.4, -0.2) is 15.0 Å². The van der Waals surface area contributed by atoms with Crippen molar-refractivity contribution in [3.05, 3.63) is 60.5 Å². The fourth-order valence-corrected chi connectivity index (χ4v) is 1.94. The molecule has 0 saturated heterocycles. The van der Waals surface area contributed by atoms with Crippen LogP contribution in [0.2, 0.25) is 0 Å². The van der Waals surface area contributed by atoms with Crippen molar-refractivity contribution in [1.82, 2.24) is 9.78 Å². The van der Waals surface area contributed by atoms with Crippen molar-refractivity contribution >= 4 is 16.8 Å². The van der Waals surface area contributed by atoms with Gasteiger partial charge in [0.1, 0.15) is 11.4 Å². The summed E-state index contributed by atoms with van der Waals surface area (Å²) >= 11 is 5.49. The minimum atomic E-state index is -0.595. The largest absolute Gasteiger partial charge is 0.463 e. The Kier molecular flexibility index (Phi) is 2.93. The average Bonchev–Trinajstić information content (AvgIpc) is 3.08. The summed E-state index contributed by atoms with van der Waals surface area (Å²) in [5.74, 6) is 0.625. The Morgan fingerprint density at radius 3 is 2.58 bits per heavy atom. The maximum Gasteiger partial charge on any atom is 0.272 e. The van der Waals surface area contributed by atoms with Crippen molar-refractivity contribution in [3.8, 4) is 17.1 Å². The van der Waals surface area contributed by atoms with E-state index in [4.69, 9.17) is 16.0 Å². The topological polar surface area (TPSA) is 48.0 Å². The van der Waals surface area contributed by atoms with Gasteiger partial charge in [0, 0.05) is 6.07 Å². The number of carbonyl (C=O) groups excluding carboxylic acids is 1. The Morgan fingerprint density at radius 1 is 1.16 bits per heavy atom. The van der Waals surface area contributed by atoms with Gasteiger partial charge >= 0.3 is 0 Å². The van der Waals surface area contributed by atoms with E-state index < -0.39 is 5.24 Å². The first-order chi connectivity index (χ1) is 9.25. The predicted molar refractivity (Wildman–Crippen MR) is 71.4 cm³/mol. The Bertz CT molecular complexity index is 702. The highest BCUT2D eigenvalue weighted by Gasteiger charge is 2.16. The Morgan fingerprint density at radius 2 is 1.95 bits per heavy atom. The van der Waals surface area contributed by atoms with Gasteiger partial charge in [0.2, 0.25) is 0 Å². The molecule has 3 rings (SSSR count).